The zero-order valence-corrected chi connectivity index (χ0v) is 13.5. The van der Waals surface area contributed by atoms with Crippen molar-refractivity contribution in [3.05, 3.63) is 33.5 Å². The molecule has 2 heterocycles. The topological polar surface area (TPSA) is 51.0 Å². The van der Waals surface area contributed by atoms with E-state index in [1.807, 2.05) is 7.05 Å². The monoisotopic (exact) mass is 304 g/mol. The van der Waals surface area contributed by atoms with E-state index in [0.717, 1.165) is 24.4 Å². The van der Waals surface area contributed by atoms with Crippen LogP contribution in [-0.2, 0) is 13.5 Å². The van der Waals surface area contributed by atoms with Crippen molar-refractivity contribution in [2.45, 2.75) is 32.1 Å². The fraction of sp³-hybridized carbons (Fsp3) is 0.533. The van der Waals surface area contributed by atoms with Gasteiger partial charge in [-0.15, -0.1) is 11.3 Å². The van der Waals surface area contributed by atoms with E-state index >= 15 is 0 Å². The van der Waals surface area contributed by atoms with Gasteiger partial charge in [-0.05, 0) is 32.3 Å². The number of aromatic nitrogens is 3. The number of fused-ring (bicyclic) bond motifs is 1. The van der Waals surface area contributed by atoms with Gasteiger partial charge in [0.2, 0.25) is 0 Å². The third kappa shape index (κ3) is 2.72. The number of hydrogen-bond acceptors (Lipinski definition) is 4. The Kier molecular flexibility index (Phi) is 3.80. The Hall–Kier alpha value is -1.69. The summed E-state index contributed by atoms with van der Waals surface area (Å²) in [6, 6.07) is 1.76. The SMILES string of the molecule is Cc1nc2c(s1)CCC[C@H]2CN(C)C(=O)c1ccnn1C. The summed E-state index contributed by atoms with van der Waals surface area (Å²) in [5.74, 6) is 0.384. The summed E-state index contributed by atoms with van der Waals surface area (Å²) in [4.78, 5) is 20.4. The van der Waals surface area contributed by atoms with Crippen LogP contribution >= 0.6 is 11.3 Å². The van der Waals surface area contributed by atoms with Crippen LogP contribution in [0.1, 0.15) is 44.8 Å². The molecule has 0 N–H and O–H groups in total. The van der Waals surface area contributed by atoms with Gasteiger partial charge in [0.15, 0.2) is 0 Å². The van der Waals surface area contributed by atoms with Crippen LogP contribution < -0.4 is 0 Å². The molecule has 0 radical (unpaired) electrons. The lowest BCUT2D eigenvalue weighted by Crippen LogP contribution is -2.33. The third-order valence-electron chi connectivity index (χ3n) is 4.06. The van der Waals surface area contributed by atoms with E-state index in [1.165, 1.54) is 17.0 Å². The molecule has 0 bridgehead atoms. The molecule has 0 aromatic carbocycles. The van der Waals surface area contributed by atoms with Gasteiger partial charge in [0.25, 0.3) is 5.91 Å². The molecule has 2 aromatic rings. The van der Waals surface area contributed by atoms with Gasteiger partial charge in [-0.3, -0.25) is 9.48 Å². The molecular weight excluding hydrogens is 284 g/mol. The van der Waals surface area contributed by atoms with Gasteiger partial charge in [0.05, 0.1) is 10.7 Å². The molecule has 3 rings (SSSR count). The lowest BCUT2D eigenvalue weighted by atomic mass is 9.90. The summed E-state index contributed by atoms with van der Waals surface area (Å²) < 4.78 is 1.62. The first kappa shape index (κ1) is 14.3. The van der Waals surface area contributed by atoms with E-state index in [9.17, 15) is 4.79 Å². The number of thiazole rings is 1. The predicted octanol–water partition coefficient (Wildman–Crippen LogP) is 2.38. The first-order chi connectivity index (χ1) is 10.1. The summed E-state index contributed by atoms with van der Waals surface area (Å²) in [5, 5.41) is 5.20. The van der Waals surface area contributed by atoms with E-state index in [4.69, 9.17) is 0 Å². The van der Waals surface area contributed by atoms with Crippen molar-refractivity contribution in [1.82, 2.24) is 19.7 Å². The molecule has 0 saturated carbocycles. The maximum Gasteiger partial charge on any atom is 0.271 e. The largest absolute Gasteiger partial charge is 0.340 e. The van der Waals surface area contributed by atoms with Crippen molar-refractivity contribution >= 4 is 17.2 Å². The quantitative estimate of drug-likeness (QED) is 0.875. The molecular formula is C15H20N4OS. The molecule has 0 saturated heterocycles. The van der Waals surface area contributed by atoms with E-state index < -0.39 is 0 Å². The van der Waals surface area contributed by atoms with Gasteiger partial charge >= 0.3 is 0 Å². The van der Waals surface area contributed by atoms with Gasteiger partial charge in [-0.2, -0.15) is 5.10 Å². The Morgan fingerprint density at radius 3 is 3.10 bits per heavy atom. The molecule has 1 aliphatic rings. The number of carbonyl (C=O) groups excluding carboxylic acids is 1. The molecule has 5 nitrogen and oxygen atoms in total. The zero-order chi connectivity index (χ0) is 15.0. The number of nitrogens with zero attached hydrogens (tertiary/aromatic N) is 4. The maximum absolute atomic E-state index is 12.5. The lowest BCUT2D eigenvalue weighted by molar-refractivity contribution is 0.0772. The van der Waals surface area contributed by atoms with E-state index in [1.54, 1.807) is 40.2 Å². The first-order valence-electron chi connectivity index (χ1n) is 7.26. The number of aryl methyl sites for hydroxylation is 3. The molecule has 1 atom stereocenters. The zero-order valence-electron chi connectivity index (χ0n) is 12.7. The smallest absolute Gasteiger partial charge is 0.271 e. The highest BCUT2D eigenvalue weighted by molar-refractivity contribution is 7.11. The molecule has 0 unspecified atom stereocenters. The van der Waals surface area contributed by atoms with Crippen molar-refractivity contribution < 1.29 is 4.79 Å². The summed E-state index contributed by atoms with van der Waals surface area (Å²) in [6.07, 6.45) is 5.09. The average Bonchev–Trinajstić information content (AvgIpc) is 3.03. The highest BCUT2D eigenvalue weighted by Crippen LogP contribution is 2.35. The fourth-order valence-electron chi connectivity index (χ4n) is 3.00. The molecule has 112 valence electrons. The minimum Gasteiger partial charge on any atom is -0.340 e. The van der Waals surface area contributed by atoms with Crippen LogP contribution in [0.15, 0.2) is 12.3 Å². The van der Waals surface area contributed by atoms with Crippen LogP contribution in [0.4, 0.5) is 0 Å². The second-order valence-corrected chi connectivity index (χ2v) is 6.94. The number of rotatable bonds is 3. The van der Waals surface area contributed by atoms with E-state index in [2.05, 4.69) is 17.0 Å². The Balaban J connectivity index is 1.75. The highest BCUT2D eigenvalue weighted by Gasteiger charge is 2.27. The Morgan fingerprint density at radius 2 is 2.38 bits per heavy atom. The summed E-state index contributed by atoms with van der Waals surface area (Å²) in [6.45, 7) is 2.78. The Labute approximate surface area is 128 Å². The maximum atomic E-state index is 12.5. The van der Waals surface area contributed by atoms with Crippen LogP contribution in [-0.4, -0.2) is 39.2 Å². The standard InChI is InChI=1S/C15H20N4OS/c1-10-17-14-11(5-4-6-13(14)21-10)9-18(2)15(20)12-7-8-16-19(12)3/h7-8,11H,4-6,9H2,1-3H3/t11-/m0/s1. The Bertz CT molecular complexity index is 660. The Morgan fingerprint density at radius 1 is 1.57 bits per heavy atom. The number of likely N-dealkylation sites (N-methyl/N-ethyl adjacent to an activating group) is 1. The number of carbonyl (C=O) groups is 1. The van der Waals surface area contributed by atoms with Crippen LogP contribution in [0.5, 0.6) is 0 Å². The molecule has 21 heavy (non-hydrogen) atoms. The van der Waals surface area contributed by atoms with Crippen LogP contribution in [0.25, 0.3) is 0 Å². The highest BCUT2D eigenvalue weighted by atomic mass is 32.1. The van der Waals surface area contributed by atoms with Gasteiger partial charge in [-0.25, -0.2) is 4.98 Å². The second kappa shape index (κ2) is 5.60. The normalized spacial score (nSPS) is 17.6. The van der Waals surface area contributed by atoms with Gasteiger partial charge in [0.1, 0.15) is 5.69 Å². The summed E-state index contributed by atoms with van der Waals surface area (Å²) >= 11 is 1.80. The van der Waals surface area contributed by atoms with Crippen molar-refractivity contribution in [3.63, 3.8) is 0 Å². The van der Waals surface area contributed by atoms with Gasteiger partial charge in [-0.1, -0.05) is 0 Å². The van der Waals surface area contributed by atoms with Gasteiger partial charge in [0, 0.05) is 37.6 Å². The molecule has 1 aliphatic carbocycles. The molecule has 0 spiro atoms. The minimum atomic E-state index is 0.0223. The van der Waals surface area contributed by atoms with Crippen LogP contribution in [0.2, 0.25) is 0 Å². The molecule has 0 fully saturated rings. The minimum absolute atomic E-state index is 0.0223. The molecule has 0 aliphatic heterocycles. The van der Waals surface area contributed by atoms with Crippen molar-refractivity contribution in [3.8, 4) is 0 Å². The second-order valence-electron chi connectivity index (χ2n) is 5.66. The third-order valence-corrected chi connectivity index (χ3v) is 5.10. The van der Waals surface area contributed by atoms with E-state index in [0.29, 0.717) is 11.6 Å². The molecule has 2 aromatic heterocycles. The number of hydrogen-bond donors (Lipinski definition) is 0. The lowest BCUT2D eigenvalue weighted by Gasteiger charge is -2.26. The van der Waals surface area contributed by atoms with Crippen LogP contribution in [0, 0.1) is 6.92 Å². The van der Waals surface area contributed by atoms with E-state index in [-0.39, 0.29) is 5.91 Å². The number of amides is 1. The molecule has 1 amide bonds. The van der Waals surface area contributed by atoms with Gasteiger partial charge < -0.3 is 4.90 Å². The fourth-order valence-corrected chi connectivity index (χ4v) is 4.06. The van der Waals surface area contributed by atoms with Crippen molar-refractivity contribution in [2.75, 3.05) is 13.6 Å². The first-order valence-corrected chi connectivity index (χ1v) is 8.07. The predicted molar refractivity (Wildman–Crippen MR) is 82.7 cm³/mol. The molecule has 6 heteroatoms. The van der Waals surface area contributed by atoms with Crippen molar-refractivity contribution in [1.29, 1.82) is 0 Å². The van der Waals surface area contributed by atoms with Crippen LogP contribution in [0.3, 0.4) is 0 Å². The summed E-state index contributed by atoms with van der Waals surface area (Å²) in [7, 11) is 3.66. The van der Waals surface area contributed by atoms with Crippen molar-refractivity contribution in [2.24, 2.45) is 7.05 Å². The average molecular weight is 304 g/mol. The summed E-state index contributed by atoms with van der Waals surface area (Å²) in [5.41, 5.74) is 1.84.